The van der Waals surface area contributed by atoms with Crippen LogP contribution in [0.2, 0.25) is 0 Å². The highest BCUT2D eigenvalue weighted by molar-refractivity contribution is 9.26. The van der Waals surface area contributed by atoms with E-state index in [1.165, 1.54) is 0 Å². The summed E-state index contributed by atoms with van der Waals surface area (Å²) in [6.07, 6.45) is 0. The fraction of sp³-hybridized carbons (Fsp3) is 0. The molecule has 0 spiro atoms. The van der Waals surface area contributed by atoms with E-state index in [1.807, 2.05) is 0 Å². The Morgan fingerprint density at radius 1 is 1.07 bits per heavy atom. The van der Waals surface area contributed by atoms with Gasteiger partial charge in [-0.15, -0.1) is 44.6 Å². The molecule has 0 saturated carbocycles. The molecule has 0 bridgehead atoms. The van der Waals surface area contributed by atoms with Gasteiger partial charge in [0.05, 0.1) is 0 Å². The molecule has 0 aromatic carbocycles. The third-order valence-electron chi connectivity index (χ3n) is 1.04. The quantitative estimate of drug-likeness (QED) is 0.298. The summed E-state index contributed by atoms with van der Waals surface area (Å²) in [4.78, 5) is 0. The molecular weight excluding hydrogens is 451 g/mol. The molecule has 10 atom stereocenters. The minimum Gasteiger partial charge on any atom is -0.443 e. The van der Waals surface area contributed by atoms with E-state index in [-0.39, 0.29) is 27.9 Å². The predicted octanol–water partition coefficient (Wildman–Crippen LogP) is 7.59. The van der Waals surface area contributed by atoms with E-state index in [2.05, 4.69) is 53.6 Å². The molecule has 0 aliphatic heterocycles. The van der Waals surface area contributed by atoms with Crippen LogP contribution in [0.4, 0.5) is 0 Å². The van der Waals surface area contributed by atoms with Crippen LogP contribution in [0, 0.1) is 0 Å². The zero-order chi connectivity index (χ0) is 12.2. The van der Waals surface area contributed by atoms with E-state index in [1.54, 1.807) is 0 Å². The van der Waals surface area contributed by atoms with Gasteiger partial charge in [-0.2, -0.15) is 0 Å². The van der Waals surface area contributed by atoms with Gasteiger partial charge in [0, 0.05) is 14.0 Å². The van der Waals surface area contributed by atoms with E-state index < -0.39 is 13.7 Å². The molecular formula is H13OP13S. The van der Waals surface area contributed by atoms with Gasteiger partial charge in [0.15, 0.2) is 6.99 Å². The van der Waals surface area contributed by atoms with Crippen molar-refractivity contribution >= 4 is 115 Å². The van der Waals surface area contributed by atoms with Gasteiger partial charge in [-0.1, -0.05) is 21.5 Å². The summed E-state index contributed by atoms with van der Waals surface area (Å²) in [7, 11) is 18.1. The molecule has 0 aromatic rings. The summed E-state index contributed by atoms with van der Waals surface area (Å²) in [5, 5.41) is 0. The molecule has 0 saturated heterocycles. The lowest BCUT2D eigenvalue weighted by atomic mass is 16.0. The Labute approximate surface area is 119 Å². The van der Waals surface area contributed by atoms with Gasteiger partial charge in [0.2, 0.25) is 6.69 Å². The van der Waals surface area contributed by atoms with Crippen molar-refractivity contribution in [2.75, 3.05) is 0 Å². The van der Waals surface area contributed by atoms with Crippen LogP contribution in [0.5, 0.6) is 0 Å². The van der Waals surface area contributed by atoms with E-state index >= 15 is 0 Å². The van der Waals surface area contributed by atoms with Crippen molar-refractivity contribution in [2.45, 2.75) is 0 Å². The Kier molecular flexibility index (Phi) is 15.4. The summed E-state index contributed by atoms with van der Waals surface area (Å²) >= 11 is 5.09. The first-order valence-corrected chi connectivity index (χ1v) is 27.4. The maximum absolute atomic E-state index is 11.8. The second kappa shape index (κ2) is 11.2. The molecule has 0 aliphatic rings. The molecule has 10 unspecified atom stereocenters. The molecule has 0 amide bonds. The maximum Gasteiger partial charge on any atom is 0.234 e. The van der Waals surface area contributed by atoms with Crippen molar-refractivity contribution in [1.29, 1.82) is 0 Å². The fourth-order valence-corrected chi connectivity index (χ4v) is 131. The first-order valence-electron chi connectivity index (χ1n) is 3.17. The third kappa shape index (κ3) is 7.98. The Bertz CT molecular complexity index is 191. The number of rotatable bonds is 6. The van der Waals surface area contributed by atoms with Crippen molar-refractivity contribution < 1.29 is 4.57 Å². The van der Waals surface area contributed by atoms with Gasteiger partial charge in [0.25, 0.3) is 0 Å². The van der Waals surface area contributed by atoms with Gasteiger partial charge in [-0.05, 0) is 14.0 Å². The molecule has 0 fully saturated rings. The second-order valence-electron chi connectivity index (χ2n) is 2.01. The van der Waals surface area contributed by atoms with Gasteiger partial charge in [-0.25, -0.2) is 0 Å². The fourth-order valence-electron chi connectivity index (χ4n) is 0.586. The lowest BCUT2D eigenvalue weighted by Crippen LogP contribution is -1.51. The van der Waals surface area contributed by atoms with E-state index in [4.69, 9.17) is 12.2 Å². The van der Waals surface area contributed by atoms with Gasteiger partial charge in [0.1, 0.15) is 0 Å². The maximum atomic E-state index is 11.8. The Morgan fingerprint density at radius 2 is 1.47 bits per heavy atom. The zero-order valence-corrected chi connectivity index (χ0v) is 21.6. The van der Waals surface area contributed by atoms with Crippen LogP contribution < -0.4 is 0 Å². The minimum atomic E-state index is -1.41. The Balaban J connectivity index is 4.92. The van der Waals surface area contributed by atoms with E-state index in [0.717, 1.165) is 7.96 Å². The van der Waals surface area contributed by atoms with Gasteiger partial charge >= 0.3 is 0 Å². The van der Waals surface area contributed by atoms with E-state index in [9.17, 15) is 4.57 Å². The zero-order valence-electron chi connectivity index (χ0n) is 7.46. The molecule has 0 radical (unpaired) electrons. The smallest absolute Gasteiger partial charge is 0.234 e. The lowest BCUT2D eigenvalue weighted by molar-refractivity contribution is 0.603. The molecule has 15 heavy (non-hydrogen) atoms. The largest absolute Gasteiger partial charge is 0.443 e. The Morgan fingerprint density at radius 3 is 1.67 bits per heavy atom. The second-order valence-corrected chi connectivity index (χ2v) is 51.4. The summed E-state index contributed by atoms with van der Waals surface area (Å²) in [6, 6.07) is 0. The van der Waals surface area contributed by atoms with Crippen LogP contribution in [0.25, 0.3) is 0 Å². The highest BCUT2D eigenvalue weighted by atomic mass is 33.3. The molecule has 0 rings (SSSR count). The minimum absolute atomic E-state index is 0.152. The predicted molar refractivity (Wildman–Crippen MR) is 116 cm³/mol. The van der Waals surface area contributed by atoms with Gasteiger partial charge in [-0.3, -0.25) is 0 Å². The normalized spacial score (nSPS) is 18.1. The summed E-state index contributed by atoms with van der Waals surface area (Å²) in [5.41, 5.74) is 0. The molecule has 0 N–H and O–H groups in total. The Hall–Kier alpha value is 5.61. The monoisotopic (exact) mass is 464 g/mol. The molecule has 15 heteroatoms. The van der Waals surface area contributed by atoms with Crippen molar-refractivity contribution in [2.24, 2.45) is 0 Å². The van der Waals surface area contributed by atoms with Crippen LogP contribution in [-0.4, -0.2) is 0 Å². The van der Waals surface area contributed by atoms with Gasteiger partial charge < -0.3 is 12.2 Å². The first kappa shape index (κ1) is 20.6. The third-order valence-corrected chi connectivity index (χ3v) is 80.6. The number of hydrogen-bond donors (Lipinski definition) is 0. The van der Waals surface area contributed by atoms with Crippen molar-refractivity contribution in [3.63, 3.8) is 0 Å². The highest BCUT2D eigenvalue weighted by Crippen LogP contribution is 3.19. The van der Waals surface area contributed by atoms with Crippen LogP contribution >= 0.6 is 103 Å². The topological polar surface area (TPSA) is 17.1 Å². The van der Waals surface area contributed by atoms with Crippen LogP contribution in [0.1, 0.15) is 0 Å². The molecule has 0 aliphatic carbocycles. The van der Waals surface area contributed by atoms with Crippen LogP contribution in [-0.2, 0) is 16.8 Å². The lowest BCUT2D eigenvalue weighted by Gasteiger charge is -2.30. The molecule has 90 valence electrons. The first-order chi connectivity index (χ1) is 6.82. The summed E-state index contributed by atoms with van der Waals surface area (Å²) < 4.78 is 11.8. The van der Waals surface area contributed by atoms with Crippen molar-refractivity contribution in [3.8, 4) is 0 Å². The molecule has 0 aromatic heterocycles. The average molecular weight is 464 g/mol. The average Bonchev–Trinajstić information content (AvgIpc) is 2.10. The van der Waals surface area contributed by atoms with Crippen molar-refractivity contribution in [3.05, 3.63) is 0 Å². The molecule has 1 nitrogen and oxygen atoms in total. The standard InChI is InChI=1S/H13OP13S/c1-9(15)13(12(7)8-2)14(10(3)4)11(5)6/h8H,2-7H2. The van der Waals surface area contributed by atoms with E-state index in [0.29, 0.717) is 0 Å². The summed E-state index contributed by atoms with van der Waals surface area (Å²) in [6.45, 7) is -2.51. The van der Waals surface area contributed by atoms with Crippen LogP contribution in [0.3, 0.4) is 0 Å². The number of hydrogen-bond acceptors (Lipinski definition) is 2. The SMILES string of the molecule is O=[P+]([S-])P(P(P)PP)P(P(P)P)P(P)P. The van der Waals surface area contributed by atoms with Crippen molar-refractivity contribution in [1.82, 2.24) is 0 Å². The summed E-state index contributed by atoms with van der Waals surface area (Å²) in [5.74, 6) is 0. The van der Waals surface area contributed by atoms with Crippen LogP contribution in [0.15, 0.2) is 0 Å². The highest BCUT2D eigenvalue weighted by Gasteiger charge is 2.40. The molecule has 0 heterocycles.